The molecule has 0 radical (unpaired) electrons. The molecule has 0 spiro atoms. The van der Waals surface area contributed by atoms with Gasteiger partial charge in [-0.05, 0) is 81.2 Å². The van der Waals surface area contributed by atoms with Crippen molar-refractivity contribution in [2.45, 2.75) is 97.9 Å². The highest BCUT2D eigenvalue weighted by Gasteiger charge is 2.40. The van der Waals surface area contributed by atoms with E-state index in [4.69, 9.17) is 4.74 Å². The lowest BCUT2D eigenvalue weighted by Crippen LogP contribution is -2.46. The SMILES string of the molecule is CC(C)(C)OC(=O)N1CCC(CN(C(=O)CSCC(NC(=O)CCCCCN2C(=O)C=CC2=O)C(=O)O)[C@@H](c2cc(-c3cc(F)ccc3F)cn2Cc2ccccc2)C(C)(C)C)C1. The molecule has 2 aliphatic rings. The number of aromatic nitrogens is 1. The molecule has 0 bridgehead atoms. The smallest absolute Gasteiger partial charge is 0.410 e. The fourth-order valence-electron chi connectivity index (χ4n) is 7.89. The zero-order valence-corrected chi connectivity index (χ0v) is 37.7. The molecule has 5 rings (SSSR count). The van der Waals surface area contributed by atoms with Crippen molar-refractivity contribution in [1.29, 1.82) is 0 Å². The molecule has 340 valence electrons. The number of carbonyl (C=O) groups excluding carboxylic acids is 5. The third-order valence-corrected chi connectivity index (χ3v) is 11.8. The van der Waals surface area contributed by atoms with Crippen molar-refractivity contribution in [3.8, 4) is 11.1 Å². The van der Waals surface area contributed by atoms with E-state index in [0.29, 0.717) is 56.6 Å². The molecule has 13 nitrogen and oxygen atoms in total. The van der Waals surface area contributed by atoms with E-state index in [-0.39, 0.29) is 60.2 Å². The van der Waals surface area contributed by atoms with Crippen LogP contribution in [0.25, 0.3) is 11.1 Å². The number of ether oxygens (including phenoxy) is 1. The van der Waals surface area contributed by atoms with E-state index in [1.165, 1.54) is 12.2 Å². The minimum atomic E-state index is -1.28. The average Bonchev–Trinajstić information content (AvgIpc) is 3.93. The Morgan fingerprint density at radius 1 is 0.952 bits per heavy atom. The normalized spacial score (nSPS) is 16.3. The number of halogens is 2. The van der Waals surface area contributed by atoms with Crippen LogP contribution in [0.2, 0.25) is 0 Å². The second-order valence-electron chi connectivity index (χ2n) is 18.2. The Morgan fingerprint density at radius 3 is 2.30 bits per heavy atom. The maximum atomic E-state index is 15.4. The average molecular weight is 892 g/mol. The van der Waals surface area contributed by atoms with Crippen LogP contribution >= 0.6 is 11.8 Å². The van der Waals surface area contributed by atoms with Crippen molar-refractivity contribution in [3.63, 3.8) is 0 Å². The number of carboxylic acids is 1. The first-order chi connectivity index (χ1) is 29.7. The predicted molar refractivity (Wildman–Crippen MR) is 236 cm³/mol. The number of nitrogens with zero attached hydrogens (tertiary/aromatic N) is 4. The van der Waals surface area contributed by atoms with Crippen molar-refractivity contribution in [1.82, 2.24) is 24.6 Å². The van der Waals surface area contributed by atoms with Gasteiger partial charge in [0, 0.05) is 80.1 Å². The van der Waals surface area contributed by atoms with Gasteiger partial charge >= 0.3 is 12.1 Å². The molecule has 1 saturated heterocycles. The summed E-state index contributed by atoms with van der Waals surface area (Å²) in [6, 6.07) is 12.8. The molecule has 0 saturated carbocycles. The number of unbranched alkanes of at least 4 members (excludes halogenated alkanes) is 2. The Labute approximate surface area is 372 Å². The van der Waals surface area contributed by atoms with E-state index in [9.17, 15) is 38.3 Å². The number of aliphatic carboxylic acids is 1. The summed E-state index contributed by atoms with van der Waals surface area (Å²) in [5.41, 5.74) is 0.791. The van der Waals surface area contributed by atoms with Gasteiger partial charge in [-0.25, -0.2) is 18.4 Å². The molecule has 1 aromatic heterocycles. The van der Waals surface area contributed by atoms with Crippen LogP contribution in [0, 0.1) is 23.0 Å². The number of hydrogen-bond acceptors (Lipinski definition) is 8. The predicted octanol–water partition coefficient (Wildman–Crippen LogP) is 7.44. The maximum Gasteiger partial charge on any atom is 0.410 e. The Hall–Kier alpha value is -5.51. The summed E-state index contributed by atoms with van der Waals surface area (Å²) in [5.74, 6) is -4.36. The molecule has 2 unspecified atom stereocenters. The standard InChI is InChI=1S/C47H59F2N5O8S/c1-46(2,3)43(38-23-33(35-24-34(48)16-17-36(35)49)28-52(38)25-31-13-9-7-10-14-31)54(27-32-20-22-51(26-32)45(61)62-47(4,5)6)42(58)30-63-29-37(44(59)60)50-39(55)15-11-8-12-21-53-40(56)18-19-41(53)57/h7,9-10,13-14,16-19,23-24,28,32,37,43H,8,11-12,15,20-22,25-27,29-30H2,1-6H3,(H,50,55)(H,59,60)/t32?,37?,43-/m0/s1. The lowest BCUT2D eigenvalue weighted by Gasteiger charge is -2.42. The summed E-state index contributed by atoms with van der Waals surface area (Å²) in [5, 5.41) is 12.6. The van der Waals surface area contributed by atoms with Crippen molar-refractivity contribution in [2.75, 3.05) is 37.7 Å². The summed E-state index contributed by atoms with van der Waals surface area (Å²) < 4.78 is 37.5. The number of amides is 5. The fourth-order valence-corrected chi connectivity index (χ4v) is 8.81. The van der Waals surface area contributed by atoms with Gasteiger partial charge < -0.3 is 29.5 Å². The minimum Gasteiger partial charge on any atom is -0.480 e. The van der Waals surface area contributed by atoms with Crippen molar-refractivity contribution in [3.05, 3.63) is 95.8 Å². The van der Waals surface area contributed by atoms with E-state index in [1.54, 1.807) is 42.8 Å². The zero-order valence-electron chi connectivity index (χ0n) is 36.9. The Balaban J connectivity index is 1.37. The molecule has 3 aromatic rings. The molecule has 2 aliphatic heterocycles. The fraction of sp³-hybridized carbons (Fsp3) is 0.489. The monoisotopic (exact) mass is 891 g/mol. The van der Waals surface area contributed by atoms with Gasteiger partial charge in [-0.1, -0.05) is 57.5 Å². The van der Waals surface area contributed by atoms with Crippen LogP contribution in [0.1, 0.15) is 90.9 Å². The molecule has 1 fully saturated rings. The Bertz CT molecular complexity index is 2150. The lowest BCUT2D eigenvalue weighted by molar-refractivity contribution is -0.141. The van der Waals surface area contributed by atoms with E-state index in [2.05, 4.69) is 5.32 Å². The first-order valence-electron chi connectivity index (χ1n) is 21.3. The van der Waals surface area contributed by atoms with Crippen molar-refractivity contribution >= 4 is 47.5 Å². The number of thioether (sulfide) groups is 1. The number of benzene rings is 2. The Kier molecular flexibility index (Phi) is 16.4. The summed E-state index contributed by atoms with van der Waals surface area (Å²) in [7, 11) is 0. The zero-order chi connectivity index (χ0) is 46.1. The van der Waals surface area contributed by atoms with Crippen LogP contribution < -0.4 is 5.32 Å². The molecule has 2 aromatic carbocycles. The molecular weight excluding hydrogens is 833 g/mol. The van der Waals surface area contributed by atoms with E-state index < -0.39 is 52.7 Å². The van der Waals surface area contributed by atoms with Crippen molar-refractivity contribution in [2.24, 2.45) is 11.3 Å². The van der Waals surface area contributed by atoms with Gasteiger partial charge in [-0.2, -0.15) is 0 Å². The molecule has 5 amide bonds. The third kappa shape index (κ3) is 13.7. The molecule has 63 heavy (non-hydrogen) atoms. The van der Waals surface area contributed by atoms with Gasteiger partial charge in [0.2, 0.25) is 11.8 Å². The quantitative estimate of drug-likeness (QED) is 0.0922. The number of rotatable bonds is 19. The summed E-state index contributed by atoms with van der Waals surface area (Å²) in [6.07, 6.45) is 5.84. The summed E-state index contributed by atoms with van der Waals surface area (Å²) >= 11 is 1.08. The third-order valence-electron chi connectivity index (χ3n) is 10.8. The second-order valence-corrected chi connectivity index (χ2v) is 19.3. The Morgan fingerprint density at radius 2 is 1.65 bits per heavy atom. The van der Waals surface area contributed by atoms with Crippen LogP contribution in [0.4, 0.5) is 13.6 Å². The molecule has 3 atom stereocenters. The van der Waals surface area contributed by atoms with E-state index >= 15 is 4.39 Å². The maximum absolute atomic E-state index is 15.4. The number of likely N-dealkylation sites (tertiary alicyclic amines) is 1. The topological polar surface area (TPSA) is 159 Å². The highest BCUT2D eigenvalue weighted by atomic mass is 32.2. The van der Waals surface area contributed by atoms with Crippen LogP contribution in [0.15, 0.2) is 72.9 Å². The molecule has 3 heterocycles. The summed E-state index contributed by atoms with van der Waals surface area (Å²) in [4.78, 5) is 81.1. The number of imide groups is 1. The van der Waals surface area contributed by atoms with Crippen LogP contribution in [-0.4, -0.2) is 109 Å². The number of carbonyl (C=O) groups is 6. The largest absolute Gasteiger partial charge is 0.480 e. The molecule has 0 aliphatic carbocycles. The lowest BCUT2D eigenvalue weighted by atomic mass is 9.82. The second kappa shape index (κ2) is 21.2. The first kappa shape index (κ1) is 48.5. The number of carboxylic acid groups (broad SMARTS) is 1. The van der Waals surface area contributed by atoms with Gasteiger partial charge in [-0.3, -0.25) is 24.1 Å². The van der Waals surface area contributed by atoms with Crippen LogP contribution in [0.5, 0.6) is 0 Å². The summed E-state index contributed by atoms with van der Waals surface area (Å²) in [6.45, 7) is 13.0. The van der Waals surface area contributed by atoms with Gasteiger partial charge in [0.15, 0.2) is 0 Å². The molecule has 2 N–H and O–H groups in total. The van der Waals surface area contributed by atoms with Gasteiger partial charge in [0.1, 0.15) is 23.3 Å². The van der Waals surface area contributed by atoms with E-state index in [0.717, 1.165) is 40.4 Å². The van der Waals surface area contributed by atoms with E-state index in [1.807, 2.05) is 55.7 Å². The first-order valence-corrected chi connectivity index (χ1v) is 22.5. The number of hydrogen-bond donors (Lipinski definition) is 2. The van der Waals surface area contributed by atoms with Crippen LogP contribution in [-0.2, 0) is 35.3 Å². The molecular formula is C47H59F2N5O8S. The molecule has 16 heteroatoms. The highest BCUT2D eigenvalue weighted by Crippen LogP contribution is 2.42. The van der Waals surface area contributed by atoms with Gasteiger partial charge in [-0.15, -0.1) is 11.8 Å². The van der Waals surface area contributed by atoms with Crippen LogP contribution in [0.3, 0.4) is 0 Å². The number of nitrogens with one attached hydrogen (secondary N) is 1. The van der Waals surface area contributed by atoms with Gasteiger partial charge in [0.05, 0.1) is 11.8 Å². The minimum absolute atomic E-state index is 0.0421. The van der Waals surface area contributed by atoms with Crippen molar-refractivity contribution < 1.29 is 47.4 Å². The highest BCUT2D eigenvalue weighted by molar-refractivity contribution is 8.00. The van der Waals surface area contributed by atoms with Gasteiger partial charge in [0.25, 0.3) is 11.8 Å².